The van der Waals surface area contributed by atoms with Crippen molar-refractivity contribution >= 4 is 29.7 Å². The molecule has 1 aliphatic heterocycles. The third-order valence-electron chi connectivity index (χ3n) is 12.6. The summed E-state index contributed by atoms with van der Waals surface area (Å²) in [7, 11) is 0. The number of benzene rings is 2. The van der Waals surface area contributed by atoms with Gasteiger partial charge in [0.05, 0.1) is 17.3 Å². The number of amides is 2. The van der Waals surface area contributed by atoms with Crippen molar-refractivity contribution in [3.63, 3.8) is 0 Å². The maximum Gasteiger partial charge on any atom is 0.331 e. The average molecular weight is 660 g/mol. The fraction of sp³-hybridized carbons (Fsp3) is 0.514. The highest BCUT2D eigenvalue weighted by Gasteiger charge is 2.71. The summed E-state index contributed by atoms with van der Waals surface area (Å²) < 4.78 is 18.5. The van der Waals surface area contributed by atoms with E-state index in [1.165, 1.54) is 30.3 Å². The summed E-state index contributed by atoms with van der Waals surface area (Å²) in [5.41, 5.74) is 0.839. The van der Waals surface area contributed by atoms with Crippen LogP contribution < -0.4 is 10.7 Å². The molecule has 10 nitrogen and oxygen atoms in total. The molecule has 1 heterocycles. The number of cyclic esters (lactones) is 1. The molecule has 0 bridgehead atoms. The van der Waals surface area contributed by atoms with Gasteiger partial charge < -0.3 is 25.4 Å². The van der Waals surface area contributed by atoms with E-state index in [9.17, 15) is 34.1 Å². The Labute approximate surface area is 278 Å². The number of carbonyl (C=O) groups is 3. The topological polar surface area (TPSA) is 158 Å². The quantitative estimate of drug-likeness (QED) is 0.174. The van der Waals surface area contributed by atoms with Gasteiger partial charge in [-0.25, -0.2) is 14.6 Å². The normalized spacial score (nSPS) is 37.2. The van der Waals surface area contributed by atoms with E-state index in [1.807, 2.05) is 0 Å². The van der Waals surface area contributed by atoms with Gasteiger partial charge >= 0.3 is 5.97 Å². The Morgan fingerprint density at radius 3 is 2.48 bits per heavy atom. The van der Waals surface area contributed by atoms with E-state index in [0.717, 1.165) is 18.4 Å². The van der Waals surface area contributed by atoms with Gasteiger partial charge in [-0.15, -0.1) is 0 Å². The molecule has 5 unspecified atom stereocenters. The number of hydrogen-bond acceptors (Lipinski definition) is 8. The number of esters is 1. The molecule has 4 fully saturated rings. The summed E-state index contributed by atoms with van der Waals surface area (Å²) in [6.45, 7) is 2.40. The number of nitrogens with one attached hydrogen (secondary N) is 2. The molecule has 4 aliphatic carbocycles. The first-order chi connectivity index (χ1) is 22.9. The number of carbonyl (C=O) groups excluding carboxylic acids is 3. The van der Waals surface area contributed by atoms with Crippen molar-refractivity contribution in [3.05, 3.63) is 77.1 Å². The lowest BCUT2D eigenvalue weighted by molar-refractivity contribution is -0.237. The molecule has 2 aromatic carbocycles. The second kappa shape index (κ2) is 11.9. The molecule has 5 aliphatic rings. The van der Waals surface area contributed by atoms with Crippen LogP contribution in [-0.2, 0) is 9.53 Å². The van der Waals surface area contributed by atoms with Gasteiger partial charge in [-0.3, -0.25) is 9.59 Å². The summed E-state index contributed by atoms with van der Waals surface area (Å²) in [5, 5.41) is 42.6. The van der Waals surface area contributed by atoms with E-state index >= 15 is 0 Å². The molecule has 5 N–H and O–H groups in total. The number of fused-ring (bicyclic) bond motifs is 5. The standard InChI is InChI=1S/C37H42FN3O7/c1-34-13-10-29-30(37(34,47)16-12-28(34)24-18-31(43)48-20-24)11-15-36(46)19-27(42)9-14-35(29,36)21-39-41-33(45)23-3-2-4-26(17-23)40-32(44)22-5-7-25(38)8-6-22/h2-8,17-18,21,27-30,42,46-47H,9-16,19-20H2,1H3,(H,40,44)(H,41,45)/t27-,28?,29+,30-,34?,35?,36?,37?/m1/s1. The molecule has 11 heteroatoms. The molecule has 0 radical (unpaired) electrons. The molecule has 0 saturated heterocycles. The van der Waals surface area contributed by atoms with Gasteiger partial charge in [0, 0.05) is 46.4 Å². The number of anilines is 1. The number of ether oxygens (including phenoxy) is 1. The highest BCUT2D eigenvalue weighted by atomic mass is 19.1. The van der Waals surface area contributed by atoms with Crippen LogP contribution in [0.5, 0.6) is 0 Å². The minimum Gasteiger partial charge on any atom is -0.458 e. The van der Waals surface area contributed by atoms with Crippen LogP contribution >= 0.6 is 0 Å². The SMILES string of the molecule is CC12CC[C@H]3[C@@H](CCC4(O)C[C@H](O)CCC34C=NNC(=O)c3cccc(NC(=O)c4ccc(F)cc4)c3)C1(O)CCC2C1=CC(=O)OC1. The first kappa shape index (κ1) is 32.6. The largest absolute Gasteiger partial charge is 0.458 e. The summed E-state index contributed by atoms with van der Waals surface area (Å²) >= 11 is 0. The zero-order chi connectivity index (χ0) is 33.9. The first-order valence-electron chi connectivity index (χ1n) is 16.9. The number of halogens is 1. The van der Waals surface area contributed by atoms with Crippen LogP contribution in [0.4, 0.5) is 10.1 Å². The first-order valence-corrected chi connectivity index (χ1v) is 16.9. The van der Waals surface area contributed by atoms with E-state index < -0.39 is 45.8 Å². The molecule has 4 saturated carbocycles. The lowest BCUT2D eigenvalue weighted by atomic mass is 9.41. The molecular formula is C37H42FN3O7. The summed E-state index contributed by atoms with van der Waals surface area (Å²) in [6.07, 6.45) is 7.43. The number of aliphatic hydroxyl groups excluding tert-OH is 1. The Hall–Kier alpha value is -3.93. The molecule has 0 spiro atoms. The lowest BCUT2D eigenvalue weighted by Gasteiger charge is -2.65. The van der Waals surface area contributed by atoms with Gasteiger partial charge in [0.25, 0.3) is 11.8 Å². The Balaban J connectivity index is 1.12. The number of aliphatic hydroxyl groups is 3. The Bertz CT molecular complexity index is 1700. The van der Waals surface area contributed by atoms with Crippen molar-refractivity contribution in [3.8, 4) is 0 Å². The molecule has 2 amide bonds. The van der Waals surface area contributed by atoms with Crippen LogP contribution in [0.1, 0.15) is 85.4 Å². The van der Waals surface area contributed by atoms with E-state index in [1.54, 1.807) is 30.5 Å². The summed E-state index contributed by atoms with van der Waals surface area (Å²) in [4.78, 5) is 37.8. The third kappa shape index (κ3) is 5.18. The van der Waals surface area contributed by atoms with Gasteiger partial charge in [-0.2, -0.15) is 5.10 Å². The minimum absolute atomic E-state index is 0.0315. The van der Waals surface area contributed by atoms with Gasteiger partial charge in [0.15, 0.2) is 0 Å². The third-order valence-corrected chi connectivity index (χ3v) is 12.6. The van der Waals surface area contributed by atoms with Crippen LogP contribution in [0.2, 0.25) is 0 Å². The highest BCUT2D eigenvalue weighted by Crippen LogP contribution is 2.70. The fourth-order valence-corrected chi connectivity index (χ4v) is 10.2. The van der Waals surface area contributed by atoms with E-state index in [4.69, 9.17) is 4.74 Å². The number of rotatable bonds is 6. The fourth-order valence-electron chi connectivity index (χ4n) is 10.2. The number of nitrogens with zero attached hydrogens (tertiary/aromatic N) is 1. The Morgan fingerprint density at radius 2 is 1.73 bits per heavy atom. The van der Waals surface area contributed by atoms with Crippen molar-refractivity contribution in [1.82, 2.24) is 5.43 Å². The van der Waals surface area contributed by atoms with Gasteiger partial charge in [0.1, 0.15) is 12.4 Å². The lowest BCUT2D eigenvalue weighted by Crippen LogP contribution is -2.68. The molecule has 48 heavy (non-hydrogen) atoms. The van der Waals surface area contributed by atoms with Crippen LogP contribution in [0.15, 0.2) is 65.3 Å². The monoisotopic (exact) mass is 659 g/mol. The van der Waals surface area contributed by atoms with Gasteiger partial charge in [0.2, 0.25) is 0 Å². The Morgan fingerprint density at radius 1 is 0.958 bits per heavy atom. The molecule has 2 aromatic rings. The van der Waals surface area contributed by atoms with Crippen LogP contribution in [0, 0.1) is 34.4 Å². The van der Waals surface area contributed by atoms with Gasteiger partial charge in [-0.1, -0.05) is 13.0 Å². The number of hydrazone groups is 1. The number of hydrogen-bond donors (Lipinski definition) is 5. The highest BCUT2D eigenvalue weighted by molar-refractivity contribution is 6.05. The van der Waals surface area contributed by atoms with Crippen molar-refractivity contribution < 1.29 is 38.8 Å². The predicted octanol–water partition coefficient (Wildman–Crippen LogP) is 4.51. The van der Waals surface area contributed by atoms with Crippen LogP contribution in [-0.4, -0.2) is 63.2 Å². The molecule has 8 atom stereocenters. The summed E-state index contributed by atoms with van der Waals surface area (Å²) in [6, 6.07) is 11.5. The molecular weight excluding hydrogens is 617 g/mol. The molecule has 0 aromatic heterocycles. The van der Waals surface area contributed by atoms with Crippen molar-refractivity contribution in [1.29, 1.82) is 0 Å². The maximum absolute atomic E-state index is 13.3. The van der Waals surface area contributed by atoms with Crippen molar-refractivity contribution in [2.24, 2.45) is 33.7 Å². The van der Waals surface area contributed by atoms with Crippen molar-refractivity contribution in [2.75, 3.05) is 11.9 Å². The smallest absolute Gasteiger partial charge is 0.331 e. The average Bonchev–Trinajstić information content (AvgIpc) is 3.60. The van der Waals surface area contributed by atoms with Crippen LogP contribution in [0.3, 0.4) is 0 Å². The zero-order valence-electron chi connectivity index (χ0n) is 27.0. The van der Waals surface area contributed by atoms with E-state index in [2.05, 4.69) is 22.8 Å². The molecule has 7 rings (SSSR count). The Kier molecular flexibility index (Phi) is 8.08. The molecule has 254 valence electrons. The van der Waals surface area contributed by atoms with E-state index in [0.29, 0.717) is 44.2 Å². The van der Waals surface area contributed by atoms with E-state index in [-0.39, 0.29) is 47.9 Å². The zero-order valence-corrected chi connectivity index (χ0v) is 27.0. The second-order valence-electron chi connectivity index (χ2n) is 14.8. The summed E-state index contributed by atoms with van der Waals surface area (Å²) in [5.74, 6) is -1.99. The minimum atomic E-state index is -1.26. The predicted molar refractivity (Wildman–Crippen MR) is 174 cm³/mol. The second-order valence-corrected chi connectivity index (χ2v) is 14.8. The van der Waals surface area contributed by atoms with Crippen LogP contribution in [0.25, 0.3) is 0 Å². The van der Waals surface area contributed by atoms with Gasteiger partial charge in [-0.05, 0) is 117 Å². The van der Waals surface area contributed by atoms with Crippen molar-refractivity contribution in [2.45, 2.75) is 82.0 Å². The maximum atomic E-state index is 13.3.